The zero-order valence-corrected chi connectivity index (χ0v) is 12.3. The third-order valence-corrected chi connectivity index (χ3v) is 3.51. The van der Waals surface area contributed by atoms with Gasteiger partial charge < -0.3 is 9.64 Å². The van der Waals surface area contributed by atoms with Crippen LogP contribution in [0.2, 0.25) is 0 Å². The highest BCUT2D eigenvalue weighted by atomic mass is 16.5. The minimum Gasteiger partial charge on any atom is -0.380 e. The van der Waals surface area contributed by atoms with Crippen molar-refractivity contribution in [1.82, 2.24) is 10.2 Å². The molecule has 1 atom stereocenters. The van der Waals surface area contributed by atoms with E-state index in [4.69, 9.17) is 4.74 Å². The first-order chi connectivity index (χ1) is 9.68. The number of benzene rings is 1. The third-order valence-electron chi connectivity index (χ3n) is 3.51. The Kier molecular flexibility index (Phi) is 5.56. The van der Waals surface area contributed by atoms with Crippen LogP contribution in [0.25, 0.3) is 0 Å². The van der Waals surface area contributed by atoms with Gasteiger partial charge in [0.1, 0.15) is 6.17 Å². The predicted molar refractivity (Wildman–Crippen MR) is 79.2 cm³/mol. The van der Waals surface area contributed by atoms with Crippen LogP contribution in [0.3, 0.4) is 0 Å². The number of hydrogen-bond donors (Lipinski definition) is 1. The molecule has 1 aliphatic rings. The maximum Gasteiger partial charge on any atom is 0.238 e. The molecule has 1 N–H and O–H groups in total. The van der Waals surface area contributed by atoms with Crippen LogP contribution in [-0.4, -0.2) is 37.1 Å². The molecule has 0 aromatic heterocycles. The number of nitrogens with one attached hydrogen (secondary N) is 1. The van der Waals surface area contributed by atoms with Crippen molar-refractivity contribution in [2.45, 2.75) is 26.4 Å². The molecule has 20 heavy (non-hydrogen) atoms. The van der Waals surface area contributed by atoms with Crippen LogP contribution in [0, 0.1) is 5.92 Å². The Bertz CT molecular complexity index is 420. The molecule has 1 fully saturated rings. The van der Waals surface area contributed by atoms with Gasteiger partial charge in [0, 0.05) is 13.2 Å². The number of carbonyl (C=O) groups excluding carboxylic acids is 1. The smallest absolute Gasteiger partial charge is 0.238 e. The number of rotatable bonds is 7. The topological polar surface area (TPSA) is 41.6 Å². The summed E-state index contributed by atoms with van der Waals surface area (Å²) in [6.45, 7) is 6.78. The van der Waals surface area contributed by atoms with Gasteiger partial charge in [-0.1, -0.05) is 44.2 Å². The second kappa shape index (κ2) is 7.41. The first-order valence-electron chi connectivity index (χ1n) is 7.34. The van der Waals surface area contributed by atoms with Gasteiger partial charge in [0.05, 0.1) is 13.2 Å². The van der Waals surface area contributed by atoms with E-state index in [9.17, 15) is 4.79 Å². The maximum absolute atomic E-state index is 11.9. The van der Waals surface area contributed by atoms with Crippen molar-refractivity contribution in [2.75, 3.05) is 26.3 Å². The number of carbonyl (C=O) groups is 1. The van der Waals surface area contributed by atoms with E-state index < -0.39 is 0 Å². The van der Waals surface area contributed by atoms with Crippen molar-refractivity contribution in [3.8, 4) is 0 Å². The zero-order valence-electron chi connectivity index (χ0n) is 12.3. The molecule has 0 spiro atoms. The number of nitrogens with zero attached hydrogens (tertiary/aromatic N) is 1. The van der Waals surface area contributed by atoms with Gasteiger partial charge in [-0.15, -0.1) is 0 Å². The van der Waals surface area contributed by atoms with Gasteiger partial charge in [-0.2, -0.15) is 0 Å². The molecular formula is C16H24N2O2. The lowest BCUT2D eigenvalue weighted by Crippen LogP contribution is -2.33. The summed E-state index contributed by atoms with van der Waals surface area (Å²) >= 11 is 0. The summed E-state index contributed by atoms with van der Waals surface area (Å²) in [7, 11) is 0. The van der Waals surface area contributed by atoms with Crippen LogP contribution in [0.5, 0.6) is 0 Å². The Morgan fingerprint density at radius 3 is 2.75 bits per heavy atom. The quantitative estimate of drug-likeness (QED) is 0.776. The van der Waals surface area contributed by atoms with Crippen LogP contribution in [0.4, 0.5) is 0 Å². The molecule has 1 saturated heterocycles. The third kappa shape index (κ3) is 4.05. The van der Waals surface area contributed by atoms with Gasteiger partial charge >= 0.3 is 0 Å². The summed E-state index contributed by atoms with van der Waals surface area (Å²) in [6, 6.07) is 10.1. The summed E-state index contributed by atoms with van der Waals surface area (Å²) in [4.78, 5) is 13.8. The van der Waals surface area contributed by atoms with Crippen LogP contribution >= 0.6 is 0 Å². The minimum absolute atomic E-state index is 0.0163. The number of amides is 1. The van der Waals surface area contributed by atoms with E-state index in [0.29, 0.717) is 25.6 Å². The van der Waals surface area contributed by atoms with Crippen LogP contribution in [-0.2, 0) is 9.53 Å². The lowest BCUT2D eigenvalue weighted by Gasteiger charge is -2.24. The molecule has 1 heterocycles. The van der Waals surface area contributed by atoms with Crippen molar-refractivity contribution < 1.29 is 9.53 Å². The first kappa shape index (κ1) is 15.0. The average molecular weight is 276 g/mol. The molecule has 1 aromatic carbocycles. The second-order valence-corrected chi connectivity index (χ2v) is 5.58. The molecule has 1 aromatic rings. The zero-order chi connectivity index (χ0) is 14.4. The van der Waals surface area contributed by atoms with E-state index in [-0.39, 0.29) is 12.1 Å². The Morgan fingerprint density at radius 2 is 2.05 bits per heavy atom. The van der Waals surface area contributed by atoms with Crippen molar-refractivity contribution in [2.24, 2.45) is 5.92 Å². The lowest BCUT2D eigenvalue weighted by molar-refractivity contribution is -0.128. The summed E-state index contributed by atoms with van der Waals surface area (Å²) < 4.78 is 5.62. The Morgan fingerprint density at radius 1 is 1.30 bits per heavy atom. The van der Waals surface area contributed by atoms with E-state index in [1.807, 2.05) is 35.2 Å². The van der Waals surface area contributed by atoms with Gasteiger partial charge in [0.2, 0.25) is 5.91 Å². The molecular weight excluding hydrogens is 252 g/mol. The second-order valence-electron chi connectivity index (χ2n) is 5.58. The molecule has 4 heteroatoms. The minimum atomic E-state index is -0.0163. The fourth-order valence-electron chi connectivity index (χ4n) is 2.31. The highest BCUT2D eigenvalue weighted by Gasteiger charge is 2.30. The summed E-state index contributed by atoms with van der Waals surface area (Å²) in [5, 5.41) is 3.25. The van der Waals surface area contributed by atoms with Crippen LogP contribution < -0.4 is 5.32 Å². The van der Waals surface area contributed by atoms with Gasteiger partial charge in [-0.3, -0.25) is 10.1 Å². The fourth-order valence-corrected chi connectivity index (χ4v) is 2.31. The molecule has 1 unspecified atom stereocenters. The largest absolute Gasteiger partial charge is 0.380 e. The average Bonchev–Trinajstić information content (AvgIpc) is 2.80. The highest BCUT2D eigenvalue weighted by molar-refractivity contribution is 5.80. The van der Waals surface area contributed by atoms with E-state index in [0.717, 1.165) is 18.6 Å². The molecule has 0 bridgehead atoms. The summed E-state index contributed by atoms with van der Waals surface area (Å²) in [5.74, 6) is 0.800. The van der Waals surface area contributed by atoms with Gasteiger partial charge in [-0.05, 0) is 17.9 Å². The van der Waals surface area contributed by atoms with Gasteiger partial charge in [0.25, 0.3) is 0 Å². The SMILES string of the molecule is CC(C)CCOCCN1C(=O)CNC1c1ccccc1. The number of ether oxygens (including phenoxy) is 1. The Labute approximate surface area is 121 Å². The first-order valence-corrected chi connectivity index (χ1v) is 7.34. The van der Waals surface area contributed by atoms with Crippen LogP contribution in [0.1, 0.15) is 32.0 Å². The van der Waals surface area contributed by atoms with Crippen molar-refractivity contribution in [3.05, 3.63) is 35.9 Å². The summed E-state index contributed by atoms with van der Waals surface area (Å²) in [6.07, 6.45) is 1.05. The fraction of sp³-hybridized carbons (Fsp3) is 0.562. The van der Waals surface area contributed by atoms with Crippen molar-refractivity contribution in [3.63, 3.8) is 0 Å². The highest BCUT2D eigenvalue weighted by Crippen LogP contribution is 2.21. The van der Waals surface area contributed by atoms with Gasteiger partial charge in [-0.25, -0.2) is 0 Å². The Hall–Kier alpha value is -1.39. The van der Waals surface area contributed by atoms with E-state index in [2.05, 4.69) is 19.2 Å². The van der Waals surface area contributed by atoms with Crippen molar-refractivity contribution in [1.29, 1.82) is 0 Å². The Balaban J connectivity index is 1.83. The normalized spacial score (nSPS) is 19.1. The molecule has 1 amide bonds. The number of hydrogen-bond acceptors (Lipinski definition) is 3. The van der Waals surface area contributed by atoms with Crippen molar-refractivity contribution >= 4 is 5.91 Å². The molecule has 2 rings (SSSR count). The molecule has 0 saturated carbocycles. The molecule has 0 radical (unpaired) electrons. The van der Waals surface area contributed by atoms with Gasteiger partial charge in [0.15, 0.2) is 0 Å². The van der Waals surface area contributed by atoms with E-state index >= 15 is 0 Å². The molecule has 0 aliphatic carbocycles. The monoisotopic (exact) mass is 276 g/mol. The molecule has 1 aliphatic heterocycles. The van der Waals surface area contributed by atoms with E-state index in [1.54, 1.807) is 0 Å². The molecule has 110 valence electrons. The van der Waals surface area contributed by atoms with Crippen LogP contribution in [0.15, 0.2) is 30.3 Å². The predicted octanol–water partition coefficient (Wildman–Crippen LogP) is 2.18. The molecule has 4 nitrogen and oxygen atoms in total. The van der Waals surface area contributed by atoms with E-state index in [1.165, 1.54) is 0 Å². The lowest BCUT2D eigenvalue weighted by atomic mass is 10.1. The standard InChI is InChI=1S/C16H24N2O2/c1-13(2)8-10-20-11-9-18-15(19)12-17-16(18)14-6-4-3-5-7-14/h3-7,13,16-17H,8-12H2,1-2H3. The maximum atomic E-state index is 11.9. The summed E-state index contributed by atoms with van der Waals surface area (Å²) in [5.41, 5.74) is 1.13.